The van der Waals surface area contributed by atoms with Gasteiger partial charge in [-0.3, -0.25) is 9.69 Å². The summed E-state index contributed by atoms with van der Waals surface area (Å²) in [5.41, 5.74) is 5.56. The summed E-state index contributed by atoms with van der Waals surface area (Å²) < 4.78 is 12.4. The molecule has 4 aromatic rings. The van der Waals surface area contributed by atoms with E-state index in [1.165, 1.54) is 0 Å². The predicted molar refractivity (Wildman–Crippen MR) is 166 cm³/mol. The third-order valence-corrected chi connectivity index (χ3v) is 8.58. The van der Waals surface area contributed by atoms with Gasteiger partial charge in [0.1, 0.15) is 22.8 Å². The molecule has 0 unspecified atom stereocenters. The minimum Gasteiger partial charge on any atom is -0.497 e. The van der Waals surface area contributed by atoms with Crippen molar-refractivity contribution >= 4 is 23.0 Å². The highest BCUT2D eigenvalue weighted by Crippen LogP contribution is 2.59. The maximum atomic E-state index is 14.5. The van der Waals surface area contributed by atoms with Crippen molar-refractivity contribution in [1.29, 1.82) is 0 Å². The lowest BCUT2D eigenvalue weighted by Crippen LogP contribution is -2.47. The van der Waals surface area contributed by atoms with E-state index in [1.54, 1.807) is 7.11 Å². The second kappa shape index (κ2) is 10.5. The Morgan fingerprint density at radius 1 is 0.707 bits per heavy atom. The lowest BCUT2D eigenvalue weighted by molar-refractivity contribution is 0.0985. The normalized spacial score (nSPS) is 14.3. The zero-order valence-corrected chi connectivity index (χ0v) is 24.5. The zero-order chi connectivity index (χ0) is 28.7. The van der Waals surface area contributed by atoms with E-state index in [0.717, 1.165) is 71.4 Å². The van der Waals surface area contributed by atoms with Crippen molar-refractivity contribution in [2.24, 2.45) is 0 Å². The standard InChI is InChI=1S/C35H37N3O3/c1-6-36(7-2)24-17-19-30-32(22-24)41-33-23-25(37(8-3)9-4)18-20-31(33)35(30)29-16-11-10-15-28(29)34(39)38(35)26-13-12-14-27(21-26)40-5/h10-23H,6-9H2,1-5H3. The molecule has 0 aromatic heterocycles. The first-order valence-corrected chi connectivity index (χ1v) is 14.6. The molecule has 0 saturated carbocycles. The summed E-state index contributed by atoms with van der Waals surface area (Å²) >= 11 is 0. The number of nitrogens with zero attached hydrogens (tertiary/aromatic N) is 3. The van der Waals surface area contributed by atoms with Crippen LogP contribution in [0, 0.1) is 0 Å². The molecule has 1 amide bonds. The topological polar surface area (TPSA) is 45.2 Å². The Hall–Kier alpha value is -4.45. The van der Waals surface area contributed by atoms with Crippen LogP contribution in [0.4, 0.5) is 17.1 Å². The molecular formula is C35H37N3O3. The van der Waals surface area contributed by atoms with Crippen LogP contribution in [0.1, 0.15) is 54.7 Å². The summed E-state index contributed by atoms with van der Waals surface area (Å²) in [7, 11) is 1.65. The van der Waals surface area contributed by atoms with Gasteiger partial charge in [0.2, 0.25) is 0 Å². The van der Waals surface area contributed by atoms with Crippen LogP contribution < -0.4 is 24.2 Å². The summed E-state index contributed by atoms with van der Waals surface area (Å²) in [6, 6.07) is 28.6. The largest absolute Gasteiger partial charge is 0.497 e. The summed E-state index contributed by atoms with van der Waals surface area (Å²) in [5.74, 6) is 2.17. The SMILES string of the molecule is CCN(CC)c1ccc2c(c1)Oc1cc(N(CC)CC)ccc1C21c2ccccc2C(=O)N1c1cccc(OC)c1. The lowest BCUT2D eigenvalue weighted by atomic mass is 9.74. The van der Waals surface area contributed by atoms with Gasteiger partial charge < -0.3 is 19.3 Å². The maximum Gasteiger partial charge on any atom is 0.260 e. The number of rotatable bonds is 8. The van der Waals surface area contributed by atoms with E-state index in [-0.39, 0.29) is 5.91 Å². The summed E-state index contributed by atoms with van der Waals surface area (Å²) in [6.07, 6.45) is 0. The molecule has 2 heterocycles. The van der Waals surface area contributed by atoms with Crippen molar-refractivity contribution in [3.8, 4) is 17.2 Å². The molecule has 0 aliphatic carbocycles. The van der Waals surface area contributed by atoms with Crippen LogP contribution in [0.15, 0.2) is 84.9 Å². The fourth-order valence-corrected chi connectivity index (χ4v) is 6.59. The monoisotopic (exact) mass is 547 g/mol. The van der Waals surface area contributed by atoms with Crippen LogP contribution >= 0.6 is 0 Å². The second-order valence-corrected chi connectivity index (χ2v) is 10.4. The molecule has 4 aromatic carbocycles. The molecule has 6 heteroatoms. The molecular weight excluding hydrogens is 510 g/mol. The first-order valence-electron chi connectivity index (χ1n) is 14.6. The van der Waals surface area contributed by atoms with Gasteiger partial charge in [-0.1, -0.05) is 36.4 Å². The van der Waals surface area contributed by atoms with Crippen LogP contribution in [-0.4, -0.2) is 39.2 Å². The molecule has 0 radical (unpaired) electrons. The smallest absolute Gasteiger partial charge is 0.260 e. The number of carbonyl (C=O) groups excluding carboxylic acids is 1. The third-order valence-electron chi connectivity index (χ3n) is 8.58. The van der Waals surface area contributed by atoms with Gasteiger partial charge in [0.15, 0.2) is 0 Å². The van der Waals surface area contributed by atoms with Crippen LogP contribution in [0.25, 0.3) is 0 Å². The minimum absolute atomic E-state index is 0.0479. The van der Waals surface area contributed by atoms with Crippen molar-refractivity contribution < 1.29 is 14.3 Å². The number of ether oxygens (including phenoxy) is 2. The Morgan fingerprint density at radius 3 is 1.85 bits per heavy atom. The van der Waals surface area contributed by atoms with Gasteiger partial charge in [0.25, 0.3) is 5.91 Å². The van der Waals surface area contributed by atoms with Crippen molar-refractivity contribution in [3.05, 3.63) is 107 Å². The predicted octanol–water partition coefficient (Wildman–Crippen LogP) is 7.45. The Morgan fingerprint density at radius 2 is 1.29 bits per heavy atom. The average molecular weight is 548 g/mol. The molecule has 0 atom stereocenters. The highest BCUT2D eigenvalue weighted by atomic mass is 16.5. The number of amides is 1. The van der Waals surface area contributed by atoms with Gasteiger partial charge in [-0.15, -0.1) is 0 Å². The molecule has 0 fully saturated rings. The molecule has 6 nitrogen and oxygen atoms in total. The quantitative estimate of drug-likeness (QED) is 0.229. The van der Waals surface area contributed by atoms with Crippen LogP contribution in [0.2, 0.25) is 0 Å². The van der Waals surface area contributed by atoms with E-state index in [4.69, 9.17) is 9.47 Å². The van der Waals surface area contributed by atoms with Gasteiger partial charge in [-0.2, -0.15) is 0 Å². The molecule has 0 bridgehead atoms. The minimum atomic E-state index is -0.924. The Labute approximate surface area is 242 Å². The van der Waals surface area contributed by atoms with E-state index < -0.39 is 5.54 Å². The molecule has 1 spiro atoms. The number of hydrogen-bond acceptors (Lipinski definition) is 5. The Bertz CT molecular complexity index is 1540. The maximum absolute atomic E-state index is 14.5. The van der Waals surface area contributed by atoms with Crippen LogP contribution in [0.3, 0.4) is 0 Å². The first-order chi connectivity index (χ1) is 20.0. The fraction of sp³-hybridized carbons (Fsp3) is 0.286. The van der Waals surface area contributed by atoms with E-state index >= 15 is 0 Å². The highest BCUT2D eigenvalue weighted by Gasteiger charge is 2.57. The number of methoxy groups -OCH3 is 1. The number of anilines is 3. The molecule has 6 rings (SSSR count). The van der Waals surface area contributed by atoms with Gasteiger partial charge in [0, 0.05) is 83.7 Å². The Kier molecular flexibility index (Phi) is 6.86. The van der Waals surface area contributed by atoms with Gasteiger partial charge in [0.05, 0.1) is 7.11 Å². The lowest BCUT2D eigenvalue weighted by Gasteiger charge is -2.44. The van der Waals surface area contributed by atoms with Gasteiger partial charge in [-0.25, -0.2) is 0 Å². The van der Waals surface area contributed by atoms with Crippen LogP contribution in [-0.2, 0) is 5.54 Å². The van der Waals surface area contributed by atoms with E-state index in [9.17, 15) is 4.79 Å². The number of benzene rings is 4. The summed E-state index contributed by atoms with van der Waals surface area (Å²) in [6.45, 7) is 12.2. The highest BCUT2D eigenvalue weighted by molar-refractivity contribution is 6.14. The van der Waals surface area contributed by atoms with Crippen molar-refractivity contribution in [2.45, 2.75) is 33.2 Å². The van der Waals surface area contributed by atoms with Crippen LogP contribution in [0.5, 0.6) is 17.2 Å². The average Bonchev–Trinajstić information content (AvgIpc) is 3.27. The number of fused-ring (bicyclic) bond motifs is 6. The number of carbonyl (C=O) groups is 1. The van der Waals surface area contributed by atoms with Crippen molar-refractivity contribution in [3.63, 3.8) is 0 Å². The molecule has 0 N–H and O–H groups in total. The second-order valence-electron chi connectivity index (χ2n) is 10.4. The van der Waals surface area contributed by atoms with Gasteiger partial charge >= 0.3 is 0 Å². The van der Waals surface area contributed by atoms with E-state index in [0.29, 0.717) is 11.3 Å². The molecule has 2 aliphatic rings. The zero-order valence-electron chi connectivity index (χ0n) is 24.5. The molecule has 210 valence electrons. The first kappa shape index (κ1) is 26.8. The summed E-state index contributed by atoms with van der Waals surface area (Å²) in [5, 5.41) is 0. The molecule has 2 aliphatic heterocycles. The van der Waals surface area contributed by atoms with E-state index in [2.05, 4.69) is 80.0 Å². The van der Waals surface area contributed by atoms with Crippen molar-refractivity contribution in [1.82, 2.24) is 0 Å². The third kappa shape index (κ3) is 3.96. The number of hydrogen-bond donors (Lipinski definition) is 0. The Balaban J connectivity index is 1.70. The molecule has 0 saturated heterocycles. The fourth-order valence-electron chi connectivity index (χ4n) is 6.59. The van der Waals surface area contributed by atoms with E-state index in [1.807, 2.05) is 47.4 Å². The summed E-state index contributed by atoms with van der Waals surface area (Å²) in [4.78, 5) is 21.0. The molecule has 41 heavy (non-hydrogen) atoms. The van der Waals surface area contributed by atoms with Crippen molar-refractivity contribution in [2.75, 3.05) is 48.0 Å². The van der Waals surface area contributed by atoms with Gasteiger partial charge in [-0.05, 0) is 58.0 Å².